The number of hydrogen-bond acceptors (Lipinski definition) is 9. The lowest BCUT2D eigenvalue weighted by molar-refractivity contribution is 0.319. The first-order chi connectivity index (χ1) is 20.4. The Morgan fingerprint density at radius 1 is 0.976 bits per heavy atom. The minimum Gasteiger partial charge on any atom is -0.369 e. The van der Waals surface area contributed by atoms with Crippen LogP contribution in [0.2, 0.25) is 0 Å². The molecule has 0 radical (unpaired) electrons. The van der Waals surface area contributed by atoms with E-state index in [1.54, 1.807) is 40.9 Å². The highest BCUT2D eigenvalue weighted by molar-refractivity contribution is 7.89. The summed E-state index contributed by atoms with van der Waals surface area (Å²) < 4.78 is 40.1. The molecule has 0 unspecified atom stereocenters. The van der Waals surface area contributed by atoms with Crippen LogP contribution in [0.4, 0.5) is 21.7 Å². The van der Waals surface area contributed by atoms with Crippen molar-refractivity contribution >= 4 is 38.7 Å². The van der Waals surface area contributed by atoms with Gasteiger partial charge in [-0.05, 0) is 74.4 Å². The molecule has 220 valence electrons. The van der Waals surface area contributed by atoms with Crippen molar-refractivity contribution in [3.63, 3.8) is 0 Å². The summed E-state index contributed by atoms with van der Waals surface area (Å²) in [7, 11) is -3.21. The van der Waals surface area contributed by atoms with Crippen LogP contribution in [0.1, 0.15) is 30.7 Å². The normalized spacial score (nSPS) is 17.0. The number of piperidine rings is 1. The van der Waals surface area contributed by atoms with E-state index in [2.05, 4.69) is 32.7 Å². The number of aromatic nitrogens is 3. The lowest BCUT2D eigenvalue weighted by atomic mass is 9.99. The van der Waals surface area contributed by atoms with E-state index in [1.165, 1.54) is 17.8 Å². The minimum absolute atomic E-state index is 0.109. The fourth-order valence-electron chi connectivity index (χ4n) is 5.40. The molecule has 6 rings (SSSR count). The third kappa shape index (κ3) is 6.31. The molecule has 0 amide bonds. The van der Waals surface area contributed by atoms with E-state index in [0.29, 0.717) is 31.9 Å². The molecule has 4 aromatic rings. The quantitative estimate of drug-likeness (QED) is 0.286. The number of benzene rings is 2. The van der Waals surface area contributed by atoms with E-state index >= 15 is 0 Å². The summed E-state index contributed by atoms with van der Waals surface area (Å²) >= 11 is 1.56. The van der Waals surface area contributed by atoms with Crippen molar-refractivity contribution in [2.75, 3.05) is 55.2 Å². The van der Waals surface area contributed by atoms with Crippen molar-refractivity contribution in [3.05, 3.63) is 71.6 Å². The van der Waals surface area contributed by atoms with Gasteiger partial charge in [0.1, 0.15) is 5.82 Å². The van der Waals surface area contributed by atoms with Crippen LogP contribution in [0, 0.1) is 5.82 Å². The van der Waals surface area contributed by atoms with E-state index < -0.39 is 10.0 Å². The lowest BCUT2D eigenvalue weighted by Crippen LogP contribution is -2.43. The van der Waals surface area contributed by atoms with Gasteiger partial charge in [0.25, 0.3) is 0 Å². The van der Waals surface area contributed by atoms with E-state index in [1.807, 2.05) is 18.2 Å². The van der Waals surface area contributed by atoms with Crippen molar-refractivity contribution in [2.24, 2.45) is 0 Å². The van der Waals surface area contributed by atoms with Crippen LogP contribution in [-0.4, -0.2) is 72.7 Å². The standard InChI is InChI=1S/C30H34FN7O2S2/c1-2-42(39,40)38-17-12-22(13-18-38)29-36-27(21-3-5-23(31)6-4-21)28(41-29)26-11-14-33-30(35-26)34-24-7-9-25(10-8-24)37-19-15-32-16-20-37/h3-11,14,22,32H,2,12-13,15-20H2,1H3,(H,33,34,35). The van der Waals surface area contributed by atoms with Gasteiger partial charge in [-0.2, -0.15) is 0 Å². The van der Waals surface area contributed by atoms with Crippen molar-refractivity contribution in [1.82, 2.24) is 24.6 Å². The molecule has 0 aliphatic carbocycles. The summed E-state index contributed by atoms with van der Waals surface area (Å²) in [6.07, 6.45) is 3.13. The zero-order valence-corrected chi connectivity index (χ0v) is 25.1. The number of sulfonamides is 1. The van der Waals surface area contributed by atoms with Gasteiger partial charge in [-0.3, -0.25) is 0 Å². The van der Waals surface area contributed by atoms with Gasteiger partial charge in [-0.25, -0.2) is 32.1 Å². The molecule has 2 aromatic carbocycles. The van der Waals surface area contributed by atoms with E-state index in [9.17, 15) is 12.8 Å². The number of hydrogen-bond donors (Lipinski definition) is 2. The fraction of sp³-hybridized carbons (Fsp3) is 0.367. The minimum atomic E-state index is -3.21. The van der Waals surface area contributed by atoms with Gasteiger partial charge < -0.3 is 15.5 Å². The zero-order valence-electron chi connectivity index (χ0n) is 23.5. The Balaban J connectivity index is 1.26. The summed E-state index contributed by atoms with van der Waals surface area (Å²) in [4.78, 5) is 17.6. The number of nitrogens with zero attached hydrogens (tertiary/aromatic N) is 5. The van der Waals surface area contributed by atoms with Crippen molar-refractivity contribution in [1.29, 1.82) is 0 Å². The molecule has 4 heterocycles. The monoisotopic (exact) mass is 607 g/mol. The Morgan fingerprint density at radius 3 is 2.38 bits per heavy atom. The van der Waals surface area contributed by atoms with Crippen LogP contribution in [0.15, 0.2) is 60.8 Å². The number of thiazole rings is 1. The van der Waals surface area contributed by atoms with Gasteiger partial charge >= 0.3 is 0 Å². The van der Waals surface area contributed by atoms with E-state index in [0.717, 1.165) is 58.7 Å². The Labute approximate surface area is 249 Å². The third-order valence-electron chi connectivity index (χ3n) is 7.82. The molecule has 42 heavy (non-hydrogen) atoms. The van der Waals surface area contributed by atoms with Crippen LogP contribution in [0.25, 0.3) is 21.8 Å². The molecule has 0 atom stereocenters. The summed E-state index contributed by atoms with van der Waals surface area (Å²) in [5.41, 5.74) is 4.35. The van der Waals surface area contributed by atoms with Gasteiger partial charge in [-0.15, -0.1) is 11.3 Å². The number of rotatable bonds is 8. The van der Waals surface area contributed by atoms with Gasteiger partial charge in [0.15, 0.2) is 0 Å². The summed E-state index contributed by atoms with van der Waals surface area (Å²) in [6.45, 7) is 6.59. The number of nitrogens with one attached hydrogen (secondary N) is 2. The Hall–Kier alpha value is -3.45. The maximum atomic E-state index is 13.8. The Kier molecular flexibility index (Phi) is 8.48. The predicted molar refractivity (Wildman–Crippen MR) is 166 cm³/mol. The first-order valence-electron chi connectivity index (χ1n) is 14.3. The van der Waals surface area contributed by atoms with E-state index in [4.69, 9.17) is 9.97 Å². The lowest BCUT2D eigenvalue weighted by Gasteiger charge is -2.29. The summed E-state index contributed by atoms with van der Waals surface area (Å²) in [6, 6.07) is 16.5. The second-order valence-corrected chi connectivity index (χ2v) is 13.8. The van der Waals surface area contributed by atoms with Gasteiger partial charge in [0.05, 0.1) is 27.0 Å². The number of halogens is 1. The Bertz CT molecular complexity index is 1610. The predicted octanol–water partition coefficient (Wildman–Crippen LogP) is 5.09. The number of piperazine rings is 1. The van der Waals surface area contributed by atoms with Crippen LogP contribution in [-0.2, 0) is 10.0 Å². The largest absolute Gasteiger partial charge is 0.369 e. The highest BCUT2D eigenvalue weighted by Gasteiger charge is 2.30. The molecule has 2 N–H and O–H groups in total. The molecular weight excluding hydrogens is 574 g/mol. The second-order valence-electron chi connectivity index (χ2n) is 10.5. The van der Waals surface area contributed by atoms with Gasteiger partial charge in [0, 0.05) is 68.3 Å². The SMILES string of the molecule is CCS(=O)(=O)N1CCC(c2nc(-c3ccc(F)cc3)c(-c3ccnc(Nc4ccc(N5CCNCC5)cc4)n3)s2)CC1. The second kappa shape index (κ2) is 12.4. The molecular formula is C30H34FN7O2S2. The molecule has 0 saturated carbocycles. The maximum Gasteiger partial charge on any atom is 0.227 e. The third-order valence-corrected chi connectivity index (χ3v) is 10.9. The fourth-order valence-corrected chi connectivity index (χ4v) is 7.76. The molecule has 2 aromatic heterocycles. The highest BCUT2D eigenvalue weighted by Crippen LogP contribution is 2.41. The first-order valence-corrected chi connectivity index (χ1v) is 16.7. The van der Waals surface area contributed by atoms with E-state index in [-0.39, 0.29) is 17.5 Å². The van der Waals surface area contributed by atoms with Gasteiger partial charge in [-0.1, -0.05) is 0 Å². The topological polar surface area (TPSA) is 103 Å². The maximum absolute atomic E-state index is 13.8. The van der Waals surface area contributed by atoms with Crippen LogP contribution in [0.3, 0.4) is 0 Å². The van der Waals surface area contributed by atoms with Crippen LogP contribution in [0.5, 0.6) is 0 Å². The van der Waals surface area contributed by atoms with Crippen molar-refractivity contribution in [3.8, 4) is 21.8 Å². The van der Waals surface area contributed by atoms with Crippen molar-refractivity contribution < 1.29 is 12.8 Å². The molecule has 2 fully saturated rings. The zero-order chi connectivity index (χ0) is 29.1. The highest BCUT2D eigenvalue weighted by atomic mass is 32.2. The molecule has 2 aliphatic rings. The van der Waals surface area contributed by atoms with Gasteiger partial charge in [0.2, 0.25) is 16.0 Å². The van der Waals surface area contributed by atoms with Crippen LogP contribution < -0.4 is 15.5 Å². The molecule has 12 heteroatoms. The average molecular weight is 608 g/mol. The average Bonchev–Trinajstić information content (AvgIpc) is 3.48. The molecule has 2 saturated heterocycles. The molecule has 9 nitrogen and oxygen atoms in total. The molecule has 2 aliphatic heterocycles. The van der Waals surface area contributed by atoms with Crippen LogP contribution >= 0.6 is 11.3 Å². The molecule has 0 bridgehead atoms. The number of anilines is 3. The summed E-state index contributed by atoms with van der Waals surface area (Å²) in [5, 5.41) is 7.64. The Morgan fingerprint density at radius 2 is 1.69 bits per heavy atom. The first kappa shape index (κ1) is 28.7. The smallest absolute Gasteiger partial charge is 0.227 e. The van der Waals surface area contributed by atoms with Crippen molar-refractivity contribution in [2.45, 2.75) is 25.7 Å². The summed E-state index contributed by atoms with van der Waals surface area (Å²) in [5.74, 6) is 0.412. The molecule has 0 spiro atoms.